The van der Waals surface area contributed by atoms with E-state index in [1.807, 2.05) is 6.92 Å². The molecule has 0 radical (unpaired) electrons. The van der Waals surface area contributed by atoms with Crippen LogP contribution in [0, 0.1) is 0 Å². The van der Waals surface area contributed by atoms with Crippen LogP contribution in [0.4, 0.5) is 0 Å². The van der Waals surface area contributed by atoms with Crippen molar-refractivity contribution < 1.29 is 46.9 Å². The number of hydrogen-bond acceptors (Lipinski definition) is 5. The molecule has 0 saturated carbocycles. The van der Waals surface area contributed by atoms with Crippen LogP contribution in [0.25, 0.3) is 0 Å². The quantitative estimate of drug-likeness (QED) is 0.354. The van der Waals surface area contributed by atoms with Crippen LogP contribution in [0.3, 0.4) is 0 Å². The van der Waals surface area contributed by atoms with Gasteiger partial charge in [0.05, 0.1) is 19.8 Å². The third-order valence-corrected chi connectivity index (χ3v) is 0.584. The summed E-state index contributed by atoms with van der Waals surface area (Å²) >= 11 is 0. The molecule has 0 heterocycles. The van der Waals surface area contributed by atoms with Gasteiger partial charge >= 0.3 is 0 Å². The fraction of sp³-hybridized carbons (Fsp3) is 0.867. The van der Waals surface area contributed by atoms with Crippen molar-refractivity contribution in [3.63, 3.8) is 0 Å². The Hall–Kier alpha value is 0.254. The van der Waals surface area contributed by atoms with E-state index in [9.17, 15) is 0 Å². The molecule has 0 atom stereocenters. The number of aliphatic hydroxyl groups is 4. The van der Waals surface area contributed by atoms with Crippen molar-refractivity contribution in [2.45, 2.75) is 66.8 Å². The molecule has 0 aliphatic heterocycles. The molecule has 0 rings (SSSR count). The number of ether oxygens (including phenoxy) is 1. The molecule has 0 aromatic carbocycles. The van der Waals surface area contributed by atoms with E-state index in [-0.39, 0.29) is 46.6 Å². The fourth-order valence-corrected chi connectivity index (χ4v) is 0.311. The first-order chi connectivity index (χ1) is 8.97. The Balaban J connectivity index is -0.0000000570. The fourth-order valence-electron chi connectivity index (χ4n) is 0.311. The number of hydrogen-bond donors (Lipinski definition) is 4. The Morgan fingerprint density at radius 2 is 1.14 bits per heavy atom. The minimum atomic E-state index is -0.167. The van der Waals surface area contributed by atoms with Crippen molar-refractivity contribution >= 4 is 0 Å². The van der Waals surface area contributed by atoms with Crippen molar-refractivity contribution in [2.75, 3.05) is 19.8 Å². The smallest absolute Gasteiger partial charge is 0.0702 e. The molecule has 0 fully saturated rings. The van der Waals surface area contributed by atoms with Crippen LogP contribution in [0.2, 0.25) is 0 Å². The first-order valence-corrected chi connectivity index (χ1v) is 6.84. The molecule has 4 N–H and O–H groups in total. The van der Waals surface area contributed by atoms with E-state index in [2.05, 4.69) is 6.58 Å². The maximum Gasteiger partial charge on any atom is 0.0702 e. The van der Waals surface area contributed by atoms with E-state index in [1.165, 1.54) is 0 Å². The molecule has 6 heteroatoms. The molecule has 0 bridgehead atoms. The van der Waals surface area contributed by atoms with E-state index >= 15 is 0 Å². The first kappa shape index (κ1) is 33.0. The molecule has 0 aliphatic rings. The Bertz CT molecular complexity index is 151. The topological polar surface area (TPSA) is 90.2 Å². The summed E-state index contributed by atoms with van der Waals surface area (Å²) < 4.78 is 4.89. The Morgan fingerprint density at radius 3 is 1.29 bits per heavy atom. The predicted octanol–water partition coefficient (Wildman–Crippen LogP) is 1.73. The summed E-state index contributed by atoms with van der Waals surface area (Å²) in [5.74, 6) is 0. The van der Waals surface area contributed by atoms with Crippen LogP contribution in [0.15, 0.2) is 12.2 Å². The van der Waals surface area contributed by atoms with Crippen LogP contribution in [-0.4, -0.2) is 58.6 Å². The zero-order valence-corrected chi connectivity index (χ0v) is 16.3. The molecule has 5 nitrogen and oxygen atoms in total. The Morgan fingerprint density at radius 1 is 0.905 bits per heavy atom. The molecule has 0 spiro atoms. The van der Waals surface area contributed by atoms with Gasteiger partial charge in [0.15, 0.2) is 0 Å². The van der Waals surface area contributed by atoms with Crippen LogP contribution < -0.4 is 0 Å². The summed E-state index contributed by atoms with van der Waals surface area (Å²) in [6, 6.07) is 0. The van der Waals surface area contributed by atoms with E-state index in [0.717, 1.165) is 5.57 Å². The second-order valence-electron chi connectivity index (χ2n) is 5.01. The van der Waals surface area contributed by atoms with Crippen LogP contribution in [0.1, 0.15) is 48.5 Å². The number of aliphatic hydroxyl groups excluding tert-OH is 4. The van der Waals surface area contributed by atoms with Gasteiger partial charge in [-0.1, -0.05) is 12.2 Å². The summed E-state index contributed by atoms with van der Waals surface area (Å²) in [6.45, 7) is 16.9. The van der Waals surface area contributed by atoms with Crippen molar-refractivity contribution in [2.24, 2.45) is 0 Å². The maximum atomic E-state index is 8.22. The normalized spacial score (nSPS) is 8.67. The molecule has 0 unspecified atom stereocenters. The van der Waals surface area contributed by atoms with Crippen LogP contribution in [0.5, 0.6) is 0 Å². The monoisotopic (exact) mass is 344 g/mol. The summed E-state index contributed by atoms with van der Waals surface area (Å²) in [7, 11) is 0. The second-order valence-corrected chi connectivity index (χ2v) is 5.01. The van der Waals surface area contributed by atoms with E-state index < -0.39 is 0 Å². The molecule has 0 aromatic rings. The summed E-state index contributed by atoms with van der Waals surface area (Å²) in [5, 5.41) is 32.4. The van der Waals surface area contributed by atoms with Gasteiger partial charge in [0.2, 0.25) is 0 Å². The van der Waals surface area contributed by atoms with Gasteiger partial charge in [-0.05, 0) is 48.5 Å². The molecule has 0 amide bonds. The van der Waals surface area contributed by atoms with E-state index in [4.69, 9.17) is 25.2 Å². The third kappa shape index (κ3) is 244. The van der Waals surface area contributed by atoms with Gasteiger partial charge in [-0.3, -0.25) is 0 Å². The molecular weight excluding hydrogens is 308 g/mol. The van der Waals surface area contributed by atoms with Gasteiger partial charge < -0.3 is 25.2 Å². The minimum absolute atomic E-state index is 0. The molecule has 130 valence electrons. The van der Waals surface area contributed by atoms with Crippen LogP contribution >= 0.6 is 0 Å². The summed E-state index contributed by atoms with van der Waals surface area (Å²) in [5.41, 5.74) is 0.985. The zero-order valence-electron chi connectivity index (χ0n) is 14.8. The predicted molar refractivity (Wildman–Crippen MR) is 84.8 cm³/mol. The minimum Gasteiger partial charge on any atom is -0.394 e. The second kappa shape index (κ2) is 28.4. The average molecular weight is 344 g/mol. The van der Waals surface area contributed by atoms with Gasteiger partial charge in [0.25, 0.3) is 0 Å². The van der Waals surface area contributed by atoms with Crippen molar-refractivity contribution in [3.05, 3.63) is 12.2 Å². The molecular formula is C15H36O5Ti. The van der Waals surface area contributed by atoms with Gasteiger partial charge in [-0.25, -0.2) is 0 Å². The molecule has 21 heavy (non-hydrogen) atoms. The standard InChI is InChI=1S/C6H12O2.3C3H8O.Ti/c1-6(2)5-8-4-3-7;3*1-3(2)4;/h7H,1,3-5H2,2H3;3*3-4H,1-2H3;. The average Bonchev–Trinajstić information content (AvgIpc) is 2.14. The van der Waals surface area contributed by atoms with E-state index in [0.29, 0.717) is 13.2 Å². The largest absolute Gasteiger partial charge is 0.394 e. The van der Waals surface area contributed by atoms with E-state index in [1.54, 1.807) is 41.5 Å². The van der Waals surface area contributed by atoms with Crippen molar-refractivity contribution in [3.8, 4) is 0 Å². The van der Waals surface area contributed by atoms with Crippen molar-refractivity contribution in [1.29, 1.82) is 0 Å². The zero-order chi connectivity index (χ0) is 17.1. The Labute approximate surface area is 145 Å². The molecule has 0 aliphatic carbocycles. The van der Waals surface area contributed by atoms with Gasteiger partial charge in [-0.15, -0.1) is 0 Å². The molecule has 0 saturated heterocycles. The maximum absolute atomic E-state index is 8.22. The van der Waals surface area contributed by atoms with Crippen LogP contribution in [-0.2, 0) is 26.5 Å². The van der Waals surface area contributed by atoms with Gasteiger partial charge in [0, 0.05) is 40.0 Å². The Kier molecular flexibility index (Phi) is 44.7. The van der Waals surface area contributed by atoms with Gasteiger partial charge in [0.1, 0.15) is 0 Å². The van der Waals surface area contributed by atoms with Crippen molar-refractivity contribution in [1.82, 2.24) is 0 Å². The SMILES string of the molecule is C=C(C)COCCO.CC(C)O.CC(C)O.CC(C)O.[Ti]. The van der Waals surface area contributed by atoms with Gasteiger partial charge in [-0.2, -0.15) is 0 Å². The summed E-state index contributed by atoms with van der Waals surface area (Å²) in [4.78, 5) is 0. The molecule has 0 aromatic heterocycles. The summed E-state index contributed by atoms with van der Waals surface area (Å²) in [6.07, 6.45) is -0.500. The number of rotatable bonds is 4. The third-order valence-electron chi connectivity index (χ3n) is 0.584. The first-order valence-electron chi connectivity index (χ1n) is 6.84.